The number of nitrogens with zero attached hydrogens (tertiary/aromatic N) is 2. The first-order valence-electron chi connectivity index (χ1n) is 14.3. The first-order valence-corrected chi connectivity index (χ1v) is 14.3. The number of likely N-dealkylation sites (tertiary alicyclic amines) is 1. The molecule has 10 heteroatoms. The van der Waals surface area contributed by atoms with Gasteiger partial charge in [0, 0.05) is 37.2 Å². The highest BCUT2D eigenvalue weighted by Gasteiger charge is 2.60. The second kappa shape index (κ2) is 11.9. The van der Waals surface area contributed by atoms with Gasteiger partial charge in [0.05, 0.1) is 16.5 Å². The van der Waals surface area contributed by atoms with Gasteiger partial charge in [0.15, 0.2) is 0 Å². The van der Waals surface area contributed by atoms with Crippen LogP contribution in [0.1, 0.15) is 49.4 Å². The highest BCUT2D eigenvalue weighted by Crippen LogP contribution is 2.53. The summed E-state index contributed by atoms with van der Waals surface area (Å²) >= 11 is 0. The molecule has 0 aliphatic carbocycles. The molecule has 0 radical (unpaired) electrons. The van der Waals surface area contributed by atoms with Crippen molar-refractivity contribution in [3.8, 4) is 0 Å². The van der Waals surface area contributed by atoms with Gasteiger partial charge in [0.2, 0.25) is 0 Å². The molecule has 224 valence electrons. The summed E-state index contributed by atoms with van der Waals surface area (Å²) in [6.07, 6.45) is -0.424. The van der Waals surface area contributed by atoms with E-state index in [9.17, 15) is 24.8 Å². The maximum atomic E-state index is 14.4. The third-order valence-corrected chi connectivity index (χ3v) is 8.84. The first-order chi connectivity index (χ1) is 20.5. The summed E-state index contributed by atoms with van der Waals surface area (Å²) in [4.78, 5) is 40.3. The molecule has 3 atom stereocenters. The number of aliphatic carboxylic acids is 1. The second-order valence-corrected chi connectivity index (χ2v) is 11.6. The van der Waals surface area contributed by atoms with Crippen molar-refractivity contribution in [2.75, 3.05) is 13.1 Å². The maximum absolute atomic E-state index is 14.4. The van der Waals surface area contributed by atoms with Crippen molar-refractivity contribution in [3.63, 3.8) is 0 Å². The summed E-state index contributed by atoms with van der Waals surface area (Å²) < 4.78 is 6.19. The van der Waals surface area contributed by atoms with Crippen LogP contribution in [0, 0.1) is 21.4 Å². The number of carbonyl (C=O) groups excluding carboxylic acids is 1. The molecule has 3 aromatic carbocycles. The third-order valence-electron chi connectivity index (χ3n) is 8.84. The predicted molar refractivity (Wildman–Crippen MR) is 161 cm³/mol. The fraction of sp³-hybridized carbons (Fsp3) is 0.333. The number of esters is 1. The number of ether oxygens (including phenoxy) is 1. The van der Waals surface area contributed by atoms with Crippen LogP contribution in [-0.4, -0.2) is 52.1 Å². The van der Waals surface area contributed by atoms with Gasteiger partial charge in [-0.1, -0.05) is 86.6 Å². The van der Waals surface area contributed by atoms with Crippen LogP contribution in [0.15, 0.2) is 96.3 Å². The van der Waals surface area contributed by atoms with Gasteiger partial charge >= 0.3 is 11.9 Å². The number of hydrogen-bond donors (Lipinski definition) is 3. The standard InChI is InChI=1S/C33H36N4O6/c1-20(2)33(21(3)35-30(34)27(31(38)39)28(33)24-15-10-16-25(17-24)37(41)42)32(40)43-26-18-36(19-26)29(22-11-6-4-7-12-22)23-13-8-5-9-14-23/h4-17,20-21,26,28-29,35H,18-19,34H2,1-3H3,(H,38,39). The molecule has 3 unspecified atom stereocenters. The van der Waals surface area contributed by atoms with Gasteiger partial charge in [-0.15, -0.1) is 0 Å². The summed E-state index contributed by atoms with van der Waals surface area (Å²) in [5.41, 5.74) is 6.93. The number of non-ortho nitro benzene ring substituents is 1. The monoisotopic (exact) mass is 584 g/mol. The topological polar surface area (TPSA) is 148 Å². The molecule has 2 aliphatic rings. The Kier molecular flexibility index (Phi) is 8.23. The Balaban J connectivity index is 1.48. The molecule has 3 aromatic rings. The van der Waals surface area contributed by atoms with Gasteiger partial charge in [-0.05, 0) is 29.5 Å². The Morgan fingerprint density at radius 3 is 2.12 bits per heavy atom. The molecule has 0 spiro atoms. The van der Waals surface area contributed by atoms with Gasteiger partial charge in [-0.2, -0.15) is 0 Å². The average molecular weight is 585 g/mol. The average Bonchev–Trinajstić information content (AvgIpc) is 2.96. The Bertz CT molecular complexity index is 1500. The van der Waals surface area contributed by atoms with Crippen molar-refractivity contribution in [1.82, 2.24) is 10.2 Å². The highest BCUT2D eigenvalue weighted by molar-refractivity contribution is 5.93. The minimum absolute atomic E-state index is 0.0226. The van der Waals surface area contributed by atoms with E-state index in [2.05, 4.69) is 34.5 Å². The molecule has 10 nitrogen and oxygen atoms in total. The molecule has 0 amide bonds. The van der Waals surface area contributed by atoms with E-state index in [0.717, 1.165) is 11.1 Å². The number of carboxylic acids is 1. The molecule has 0 saturated carbocycles. The Morgan fingerprint density at radius 1 is 1.02 bits per heavy atom. The lowest BCUT2D eigenvalue weighted by atomic mass is 9.57. The summed E-state index contributed by atoms with van der Waals surface area (Å²) in [6, 6.07) is 25.3. The van der Waals surface area contributed by atoms with Crippen LogP contribution in [0.5, 0.6) is 0 Å². The number of nitrogens with two attached hydrogens (primary N) is 1. The molecule has 2 heterocycles. The van der Waals surface area contributed by atoms with Gasteiger partial charge in [0.1, 0.15) is 17.3 Å². The summed E-state index contributed by atoms with van der Waals surface area (Å²) in [6.45, 7) is 6.41. The van der Waals surface area contributed by atoms with Crippen LogP contribution in [0.25, 0.3) is 0 Å². The van der Waals surface area contributed by atoms with Crippen LogP contribution in [0.2, 0.25) is 0 Å². The van der Waals surface area contributed by atoms with Gasteiger partial charge in [0.25, 0.3) is 5.69 Å². The lowest BCUT2D eigenvalue weighted by Crippen LogP contribution is -2.63. The molecule has 2 aliphatic heterocycles. The molecule has 1 fully saturated rings. The molecule has 1 saturated heterocycles. The summed E-state index contributed by atoms with van der Waals surface area (Å²) in [5, 5.41) is 24.9. The third kappa shape index (κ3) is 5.34. The fourth-order valence-electron chi connectivity index (χ4n) is 6.83. The summed E-state index contributed by atoms with van der Waals surface area (Å²) in [5.74, 6) is -3.47. The number of benzene rings is 3. The number of carbonyl (C=O) groups is 2. The molecule has 0 aromatic heterocycles. The van der Waals surface area contributed by atoms with Gasteiger partial charge in [-0.25, -0.2) is 4.79 Å². The van der Waals surface area contributed by atoms with Gasteiger partial charge in [-0.3, -0.25) is 19.8 Å². The minimum Gasteiger partial charge on any atom is -0.478 e. The van der Waals surface area contributed by atoms with Crippen LogP contribution in [0.3, 0.4) is 0 Å². The van der Waals surface area contributed by atoms with E-state index >= 15 is 0 Å². The highest BCUT2D eigenvalue weighted by atomic mass is 16.6. The van der Waals surface area contributed by atoms with Crippen molar-refractivity contribution in [3.05, 3.63) is 123 Å². The van der Waals surface area contributed by atoms with Crippen LogP contribution in [-0.2, 0) is 14.3 Å². The molecule has 4 N–H and O–H groups in total. The molecular formula is C33H36N4O6. The van der Waals surface area contributed by atoms with E-state index in [1.807, 2.05) is 50.2 Å². The van der Waals surface area contributed by atoms with Crippen molar-refractivity contribution >= 4 is 17.6 Å². The van der Waals surface area contributed by atoms with Crippen molar-refractivity contribution in [2.24, 2.45) is 17.1 Å². The van der Waals surface area contributed by atoms with Gasteiger partial charge < -0.3 is 20.9 Å². The number of nitro groups is 1. The summed E-state index contributed by atoms with van der Waals surface area (Å²) in [7, 11) is 0. The first kappa shape index (κ1) is 29.8. The predicted octanol–water partition coefficient (Wildman–Crippen LogP) is 4.58. The fourth-order valence-corrected chi connectivity index (χ4v) is 6.83. The van der Waals surface area contributed by atoms with Crippen molar-refractivity contribution in [1.29, 1.82) is 0 Å². The van der Waals surface area contributed by atoms with E-state index in [-0.39, 0.29) is 23.1 Å². The minimum atomic E-state index is -1.43. The number of rotatable bonds is 9. The van der Waals surface area contributed by atoms with E-state index in [0.29, 0.717) is 18.7 Å². The number of hydrogen-bond acceptors (Lipinski definition) is 8. The van der Waals surface area contributed by atoms with Crippen molar-refractivity contribution in [2.45, 2.75) is 44.9 Å². The lowest BCUT2D eigenvalue weighted by molar-refractivity contribution is -0.384. The zero-order valence-corrected chi connectivity index (χ0v) is 24.3. The number of nitro benzene ring substituents is 1. The molecular weight excluding hydrogens is 548 g/mol. The number of nitrogens with one attached hydrogen (secondary N) is 1. The SMILES string of the molecule is CC(C)C1(C(=O)OC2CN(C(c3ccccc3)c3ccccc3)C2)C(C)NC(N)=C(C(=O)O)C1c1cccc([N+](=O)[O-])c1. The van der Waals surface area contributed by atoms with Crippen LogP contribution < -0.4 is 11.1 Å². The van der Waals surface area contributed by atoms with Crippen molar-refractivity contribution < 1.29 is 24.4 Å². The number of carboxylic acid groups (broad SMARTS) is 1. The van der Waals surface area contributed by atoms with E-state index in [1.54, 1.807) is 13.0 Å². The smallest absolute Gasteiger partial charge is 0.335 e. The van der Waals surface area contributed by atoms with E-state index < -0.39 is 46.3 Å². The Labute approximate surface area is 250 Å². The van der Waals surface area contributed by atoms with Crippen LogP contribution >= 0.6 is 0 Å². The van der Waals surface area contributed by atoms with E-state index in [4.69, 9.17) is 10.5 Å². The second-order valence-electron chi connectivity index (χ2n) is 11.6. The van der Waals surface area contributed by atoms with Crippen LogP contribution in [0.4, 0.5) is 5.69 Å². The zero-order valence-electron chi connectivity index (χ0n) is 24.3. The zero-order chi connectivity index (χ0) is 30.9. The normalized spacial score (nSPS) is 22.6. The molecule has 0 bridgehead atoms. The molecule has 5 rings (SSSR count). The maximum Gasteiger partial charge on any atom is 0.335 e. The lowest BCUT2D eigenvalue weighted by Gasteiger charge is -2.51. The largest absolute Gasteiger partial charge is 0.478 e. The Hall–Kier alpha value is -4.70. The Morgan fingerprint density at radius 2 is 1.60 bits per heavy atom. The quantitative estimate of drug-likeness (QED) is 0.187. The van der Waals surface area contributed by atoms with E-state index in [1.165, 1.54) is 18.2 Å². The molecule has 43 heavy (non-hydrogen) atoms.